The maximum atomic E-state index is 11.9. The quantitative estimate of drug-likeness (QED) is 0.763. The highest BCUT2D eigenvalue weighted by atomic mass is 16.6. The Kier molecular flexibility index (Phi) is 5.28. The lowest BCUT2D eigenvalue weighted by molar-refractivity contribution is 0.0506. The topological polar surface area (TPSA) is 119 Å². The molecule has 0 saturated carbocycles. The first-order valence-corrected chi connectivity index (χ1v) is 7.40. The molecule has 0 radical (unpaired) electrons. The normalized spacial score (nSPS) is 12.7. The van der Waals surface area contributed by atoms with Crippen LogP contribution in [0.25, 0.3) is 11.4 Å². The molecule has 1 aromatic carbocycles. The lowest BCUT2D eigenvalue weighted by atomic mass is 10.0. The molecule has 2 aromatic rings. The summed E-state index contributed by atoms with van der Waals surface area (Å²) in [4.78, 5) is 11.9. The van der Waals surface area contributed by atoms with Crippen molar-refractivity contribution in [1.29, 1.82) is 0 Å². The highest BCUT2D eigenvalue weighted by molar-refractivity contribution is 5.68. The average Bonchev–Trinajstić information content (AvgIpc) is 2.99. The first-order chi connectivity index (χ1) is 10.9. The second-order valence-electron chi connectivity index (χ2n) is 6.22. The summed E-state index contributed by atoms with van der Waals surface area (Å²) in [6.07, 6.45) is 0.115. The van der Waals surface area contributed by atoms with Crippen LogP contribution in [0, 0.1) is 0 Å². The van der Waals surface area contributed by atoms with Gasteiger partial charge in [0.2, 0.25) is 5.82 Å². The molecule has 0 saturated heterocycles. The zero-order valence-electron chi connectivity index (χ0n) is 13.5. The van der Waals surface area contributed by atoms with E-state index in [1.54, 1.807) is 0 Å². The molecule has 4 N–H and O–H groups in total. The van der Waals surface area contributed by atoms with Gasteiger partial charge >= 0.3 is 6.09 Å². The number of ether oxygens (including phenoxy) is 1. The number of hydrogen-bond donors (Lipinski definition) is 3. The van der Waals surface area contributed by atoms with Gasteiger partial charge in [-0.25, -0.2) is 4.79 Å². The fourth-order valence-electron chi connectivity index (χ4n) is 2.07. The van der Waals surface area contributed by atoms with Gasteiger partial charge in [-0.2, -0.15) is 5.21 Å². The number of rotatable bonds is 5. The number of tetrazole rings is 1. The van der Waals surface area contributed by atoms with Gasteiger partial charge in [-0.05, 0) is 44.0 Å². The molecular formula is C15H22N6O2. The summed E-state index contributed by atoms with van der Waals surface area (Å²) in [7, 11) is 0. The van der Waals surface area contributed by atoms with Crippen molar-refractivity contribution in [3.63, 3.8) is 0 Å². The van der Waals surface area contributed by atoms with Crippen LogP contribution in [0.4, 0.5) is 4.79 Å². The molecule has 0 aliphatic rings. The number of carbonyl (C=O) groups excluding carboxylic acids is 1. The van der Waals surface area contributed by atoms with Gasteiger partial charge in [-0.3, -0.25) is 0 Å². The lowest BCUT2D eigenvalue weighted by Crippen LogP contribution is -2.44. The number of amides is 1. The zero-order chi connectivity index (χ0) is 16.9. The standard InChI is InChI=1S/C15H22N6O2/c1-15(2,3)23-14(22)17-12(9-16)8-10-5-4-6-11(7-10)13-18-20-21-19-13/h4-7,12H,8-9,16H2,1-3H3,(H,17,22)(H,18,19,20,21). The lowest BCUT2D eigenvalue weighted by Gasteiger charge is -2.23. The average molecular weight is 318 g/mol. The van der Waals surface area contributed by atoms with Crippen LogP contribution in [0.15, 0.2) is 24.3 Å². The molecule has 0 spiro atoms. The second kappa shape index (κ2) is 7.19. The third-order valence-corrected chi connectivity index (χ3v) is 3.02. The molecule has 0 aliphatic carbocycles. The Labute approximate surface area is 134 Å². The van der Waals surface area contributed by atoms with Gasteiger partial charge in [0.15, 0.2) is 0 Å². The number of aromatic amines is 1. The SMILES string of the molecule is CC(C)(C)OC(=O)NC(CN)Cc1cccc(-c2nn[nH]n2)c1. The van der Waals surface area contributed by atoms with Crippen LogP contribution in [-0.4, -0.2) is 44.9 Å². The maximum Gasteiger partial charge on any atom is 0.407 e. The van der Waals surface area contributed by atoms with E-state index in [9.17, 15) is 4.79 Å². The van der Waals surface area contributed by atoms with E-state index in [0.29, 0.717) is 18.8 Å². The van der Waals surface area contributed by atoms with Crippen molar-refractivity contribution in [2.24, 2.45) is 5.73 Å². The van der Waals surface area contributed by atoms with Crippen molar-refractivity contribution < 1.29 is 9.53 Å². The molecule has 1 atom stereocenters. The van der Waals surface area contributed by atoms with E-state index in [2.05, 4.69) is 25.9 Å². The van der Waals surface area contributed by atoms with Gasteiger partial charge in [0.05, 0.1) is 0 Å². The minimum absolute atomic E-state index is 0.217. The number of nitrogens with two attached hydrogens (primary N) is 1. The number of aromatic nitrogens is 4. The first-order valence-electron chi connectivity index (χ1n) is 7.40. The Bertz CT molecular complexity index is 636. The van der Waals surface area contributed by atoms with Crippen LogP contribution in [0.1, 0.15) is 26.3 Å². The highest BCUT2D eigenvalue weighted by Crippen LogP contribution is 2.16. The maximum absolute atomic E-state index is 11.9. The van der Waals surface area contributed by atoms with Crippen molar-refractivity contribution in [1.82, 2.24) is 25.9 Å². The Morgan fingerprint density at radius 2 is 2.22 bits per heavy atom. The molecule has 0 aliphatic heterocycles. The Balaban J connectivity index is 2.02. The molecule has 2 rings (SSSR count). The summed E-state index contributed by atoms with van der Waals surface area (Å²) in [5.74, 6) is 0.524. The number of carbonyl (C=O) groups is 1. The predicted octanol–water partition coefficient (Wildman–Crippen LogP) is 1.26. The summed E-state index contributed by atoms with van der Waals surface area (Å²) >= 11 is 0. The molecule has 1 aromatic heterocycles. The van der Waals surface area contributed by atoms with Crippen molar-refractivity contribution in [3.05, 3.63) is 29.8 Å². The van der Waals surface area contributed by atoms with Crippen LogP contribution in [-0.2, 0) is 11.2 Å². The Hall–Kier alpha value is -2.48. The second-order valence-corrected chi connectivity index (χ2v) is 6.22. The van der Waals surface area contributed by atoms with E-state index in [1.165, 1.54) is 0 Å². The third kappa shape index (κ3) is 5.33. The summed E-state index contributed by atoms with van der Waals surface area (Å²) in [5.41, 5.74) is 7.08. The van der Waals surface area contributed by atoms with Crippen molar-refractivity contribution in [3.8, 4) is 11.4 Å². The van der Waals surface area contributed by atoms with Crippen molar-refractivity contribution in [2.45, 2.75) is 38.8 Å². The number of hydrogen-bond acceptors (Lipinski definition) is 6. The molecule has 1 unspecified atom stereocenters. The van der Waals surface area contributed by atoms with Crippen LogP contribution < -0.4 is 11.1 Å². The predicted molar refractivity (Wildman–Crippen MR) is 85.5 cm³/mol. The fraction of sp³-hybridized carbons (Fsp3) is 0.467. The molecular weight excluding hydrogens is 296 g/mol. The molecule has 23 heavy (non-hydrogen) atoms. The van der Waals surface area contributed by atoms with E-state index < -0.39 is 11.7 Å². The summed E-state index contributed by atoms with van der Waals surface area (Å²) < 4.78 is 5.25. The molecule has 8 nitrogen and oxygen atoms in total. The first kappa shape index (κ1) is 16.9. The van der Waals surface area contributed by atoms with Crippen LogP contribution >= 0.6 is 0 Å². The fourth-order valence-corrected chi connectivity index (χ4v) is 2.07. The smallest absolute Gasteiger partial charge is 0.407 e. The van der Waals surface area contributed by atoms with Gasteiger partial charge in [-0.1, -0.05) is 18.2 Å². The van der Waals surface area contributed by atoms with Gasteiger partial charge in [0.1, 0.15) is 5.60 Å². The number of benzene rings is 1. The summed E-state index contributed by atoms with van der Waals surface area (Å²) in [6.45, 7) is 5.76. The third-order valence-electron chi connectivity index (χ3n) is 3.02. The molecule has 0 fully saturated rings. The van der Waals surface area contributed by atoms with Gasteiger partial charge in [0, 0.05) is 18.2 Å². The number of H-pyrrole nitrogens is 1. The number of nitrogens with one attached hydrogen (secondary N) is 2. The number of alkyl carbamates (subject to hydrolysis) is 1. The van der Waals surface area contributed by atoms with E-state index in [-0.39, 0.29) is 6.04 Å². The van der Waals surface area contributed by atoms with E-state index >= 15 is 0 Å². The molecule has 124 valence electrons. The monoisotopic (exact) mass is 318 g/mol. The molecule has 1 amide bonds. The minimum Gasteiger partial charge on any atom is -0.444 e. The van der Waals surface area contributed by atoms with E-state index in [4.69, 9.17) is 10.5 Å². The summed E-state index contributed by atoms with van der Waals surface area (Å²) in [6, 6.07) is 7.49. The Morgan fingerprint density at radius 3 is 2.83 bits per heavy atom. The highest BCUT2D eigenvalue weighted by Gasteiger charge is 2.19. The zero-order valence-corrected chi connectivity index (χ0v) is 13.5. The summed E-state index contributed by atoms with van der Waals surface area (Å²) in [5, 5.41) is 16.7. The van der Waals surface area contributed by atoms with Crippen LogP contribution in [0.5, 0.6) is 0 Å². The largest absolute Gasteiger partial charge is 0.444 e. The van der Waals surface area contributed by atoms with Crippen LogP contribution in [0.2, 0.25) is 0 Å². The molecule has 8 heteroatoms. The Morgan fingerprint density at radius 1 is 1.43 bits per heavy atom. The molecule has 0 bridgehead atoms. The van der Waals surface area contributed by atoms with Crippen molar-refractivity contribution >= 4 is 6.09 Å². The van der Waals surface area contributed by atoms with Gasteiger partial charge in [-0.15, -0.1) is 10.2 Å². The van der Waals surface area contributed by atoms with E-state index in [1.807, 2.05) is 45.0 Å². The van der Waals surface area contributed by atoms with Crippen LogP contribution in [0.3, 0.4) is 0 Å². The van der Waals surface area contributed by atoms with Gasteiger partial charge < -0.3 is 15.8 Å². The number of nitrogens with zero attached hydrogens (tertiary/aromatic N) is 3. The molecule has 1 heterocycles. The van der Waals surface area contributed by atoms with E-state index in [0.717, 1.165) is 11.1 Å². The van der Waals surface area contributed by atoms with Gasteiger partial charge in [0.25, 0.3) is 0 Å². The van der Waals surface area contributed by atoms with Crippen molar-refractivity contribution in [2.75, 3.05) is 6.54 Å². The minimum atomic E-state index is -0.540.